The summed E-state index contributed by atoms with van der Waals surface area (Å²) in [6.45, 7) is -1.43. The minimum absolute atomic E-state index is 0.0399. The van der Waals surface area contributed by atoms with Crippen LogP contribution in [0.1, 0.15) is 6.92 Å². The third kappa shape index (κ3) is 2.50. The smallest absolute Gasteiger partial charge is 0.299 e. The lowest BCUT2D eigenvalue weighted by Gasteiger charge is -2.26. The predicted molar refractivity (Wildman–Crippen MR) is 69.7 cm³/mol. The topological polar surface area (TPSA) is 35.9 Å². The van der Waals surface area contributed by atoms with Gasteiger partial charge in [-0.05, 0) is 25.1 Å². The van der Waals surface area contributed by atoms with Crippen LogP contribution < -0.4 is 5.01 Å². The Morgan fingerprint density at radius 2 is 2.11 bits per heavy atom. The molecular weight excluding hydrogens is 299 g/mol. The Hall–Kier alpha value is -1.40. The number of alkyl halides is 2. The maximum atomic E-state index is 12.9. The van der Waals surface area contributed by atoms with Crippen molar-refractivity contribution in [2.75, 3.05) is 5.01 Å². The number of halogens is 4. The zero-order chi connectivity index (χ0) is 14.2. The first-order chi connectivity index (χ1) is 8.95. The number of amidine groups is 1. The van der Waals surface area contributed by atoms with E-state index in [9.17, 15) is 13.6 Å². The van der Waals surface area contributed by atoms with E-state index in [1.165, 1.54) is 19.1 Å². The summed E-state index contributed by atoms with van der Waals surface area (Å²) in [6.07, 6.45) is -0.837. The summed E-state index contributed by atoms with van der Waals surface area (Å²) >= 11 is 11.8. The van der Waals surface area contributed by atoms with Gasteiger partial charge in [-0.1, -0.05) is 23.2 Å². The Bertz CT molecular complexity index is 539. The van der Waals surface area contributed by atoms with Crippen molar-refractivity contribution >= 4 is 41.0 Å². The van der Waals surface area contributed by atoms with Crippen molar-refractivity contribution in [2.24, 2.45) is 5.10 Å². The summed E-state index contributed by atoms with van der Waals surface area (Å²) in [5.74, 6) is 0.0399. The maximum Gasteiger partial charge on any atom is 0.318 e. The number of hydrazone groups is 1. The number of carbonyl (C=O) groups excluding carboxylic acids is 1. The number of carbonyl (C=O) groups is 1. The maximum absolute atomic E-state index is 12.9. The van der Waals surface area contributed by atoms with Crippen molar-refractivity contribution in [1.82, 2.24) is 4.90 Å². The lowest BCUT2D eigenvalue weighted by molar-refractivity contribution is -0.114. The zero-order valence-corrected chi connectivity index (χ0v) is 11.2. The molecule has 1 atom stereocenters. The predicted octanol–water partition coefficient (Wildman–Crippen LogP) is 3.20. The summed E-state index contributed by atoms with van der Waals surface area (Å²) < 4.78 is 25.8. The van der Waals surface area contributed by atoms with Crippen molar-refractivity contribution in [3.63, 3.8) is 0 Å². The van der Waals surface area contributed by atoms with Crippen LogP contribution in [0, 0.1) is 0 Å². The van der Waals surface area contributed by atoms with E-state index >= 15 is 0 Å². The second-order valence-corrected chi connectivity index (χ2v) is 4.67. The van der Waals surface area contributed by atoms with Crippen LogP contribution in [0.5, 0.6) is 0 Å². The summed E-state index contributed by atoms with van der Waals surface area (Å²) in [5, 5.41) is 5.72. The standard InChI is InChI=1S/C11H9Cl2F2N3O/c1-6-16-18(10(5-19)17(6)11(14)15)9-3-2-7(12)4-8(9)13/h2-5,10-11H,1H3. The molecule has 8 heteroatoms. The van der Waals surface area contributed by atoms with Gasteiger partial charge in [-0.25, -0.2) is 5.01 Å². The molecule has 0 radical (unpaired) electrons. The molecule has 1 aliphatic rings. The van der Waals surface area contributed by atoms with E-state index in [1.807, 2.05) is 0 Å². The largest absolute Gasteiger partial charge is 0.318 e. The first-order valence-electron chi connectivity index (χ1n) is 5.27. The lowest BCUT2D eigenvalue weighted by Crippen LogP contribution is -2.45. The van der Waals surface area contributed by atoms with E-state index in [0.29, 0.717) is 21.9 Å². The summed E-state index contributed by atoms with van der Waals surface area (Å²) in [5.41, 5.74) is 0.339. The summed E-state index contributed by atoms with van der Waals surface area (Å²) in [7, 11) is 0. The van der Waals surface area contributed by atoms with Gasteiger partial charge in [-0.2, -0.15) is 13.9 Å². The fourth-order valence-corrected chi connectivity index (χ4v) is 2.31. The van der Waals surface area contributed by atoms with Crippen LogP contribution in [0.25, 0.3) is 0 Å². The number of hydrogen-bond acceptors (Lipinski definition) is 4. The zero-order valence-electron chi connectivity index (χ0n) is 9.73. The fraction of sp³-hybridized carbons (Fsp3) is 0.273. The van der Waals surface area contributed by atoms with Gasteiger partial charge in [0.25, 0.3) is 0 Å². The SMILES string of the molecule is CC1=NN(c2ccc(Cl)cc2Cl)C(C=O)N1C(F)F. The molecule has 2 rings (SSSR count). The van der Waals surface area contributed by atoms with Crippen molar-refractivity contribution in [2.45, 2.75) is 19.6 Å². The Balaban J connectivity index is 2.42. The molecule has 0 spiro atoms. The molecule has 0 amide bonds. The van der Waals surface area contributed by atoms with E-state index in [2.05, 4.69) is 5.10 Å². The van der Waals surface area contributed by atoms with E-state index in [0.717, 1.165) is 5.01 Å². The number of hydrogen-bond donors (Lipinski definition) is 0. The van der Waals surface area contributed by atoms with Crippen LogP contribution in [0.3, 0.4) is 0 Å². The van der Waals surface area contributed by atoms with Crippen molar-refractivity contribution in [3.8, 4) is 0 Å². The van der Waals surface area contributed by atoms with Crippen molar-refractivity contribution in [1.29, 1.82) is 0 Å². The van der Waals surface area contributed by atoms with Gasteiger partial charge in [0.05, 0.1) is 10.7 Å². The normalized spacial score (nSPS) is 19.1. The highest BCUT2D eigenvalue weighted by Crippen LogP contribution is 2.33. The van der Waals surface area contributed by atoms with E-state index in [4.69, 9.17) is 23.2 Å². The number of anilines is 1. The summed E-state index contributed by atoms with van der Waals surface area (Å²) in [4.78, 5) is 11.7. The second-order valence-electron chi connectivity index (χ2n) is 3.82. The van der Waals surface area contributed by atoms with Crippen molar-refractivity contribution < 1.29 is 13.6 Å². The highest BCUT2D eigenvalue weighted by atomic mass is 35.5. The van der Waals surface area contributed by atoms with Gasteiger partial charge in [-0.3, -0.25) is 9.69 Å². The number of nitrogens with zero attached hydrogens (tertiary/aromatic N) is 3. The average Bonchev–Trinajstić information content (AvgIpc) is 2.65. The second kappa shape index (κ2) is 5.30. The highest BCUT2D eigenvalue weighted by molar-refractivity contribution is 6.36. The minimum Gasteiger partial charge on any atom is -0.299 e. The van der Waals surface area contributed by atoms with E-state index in [1.54, 1.807) is 6.07 Å². The number of benzene rings is 1. The third-order valence-electron chi connectivity index (χ3n) is 2.65. The molecule has 0 saturated carbocycles. The van der Waals surface area contributed by atoms with Crippen LogP contribution in [0.15, 0.2) is 23.3 Å². The van der Waals surface area contributed by atoms with Crippen LogP contribution in [-0.2, 0) is 4.79 Å². The lowest BCUT2D eigenvalue weighted by atomic mass is 10.3. The molecule has 0 fully saturated rings. The van der Waals surface area contributed by atoms with Crippen LogP contribution in [0.4, 0.5) is 14.5 Å². The minimum atomic E-state index is -2.82. The Morgan fingerprint density at radius 1 is 1.42 bits per heavy atom. The molecule has 0 bridgehead atoms. The van der Waals surface area contributed by atoms with Crippen LogP contribution in [0.2, 0.25) is 10.0 Å². The van der Waals surface area contributed by atoms with E-state index in [-0.39, 0.29) is 10.9 Å². The molecule has 0 aromatic heterocycles. The van der Waals surface area contributed by atoms with Gasteiger partial charge >= 0.3 is 6.55 Å². The third-order valence-corrected chi connectivity index (χ3v) is 3.19. The number of rotatable bonds is 3. The Labute approximate surface area is 118 Å². The first kappa shape index (κ1) is 14.0. The molecule has 1 heterocycles. The molecule has 1 aromatic rings. The van der Waals surface area contributed by atoms with Crippen LogP contribution in [-0.4, -0.2) is 29.7 Å². The molecule has 102 valence electrons. The molecule has 1 aromatic carbocycles. The first-order valence-corrected chi connectivity index (χ1v) is 6.02. The monoisotopic (exact) mass is 307 g/mol. The van der Waals surface area contributed by atoms with E-state index < -0.39 is 12.7 Å². The Kier molecular flexibility index (Phi) is 3.91. The molecule has 4 nitrogen and oxygen atoms in total. The quantitative estimate of drug-likeness (QED) is 0.635. The Morgan fingerprint density at radius 3 is 2.63 bits per heavy atom. The van der Waals surface area contributed by atoms with Gasteiger partial charge in [0.1, 0.15) is 5.84 Å². The van der Waals surface area contributed by atoms with Crippen LogP contribution >= 0.6 is 23.2 Å². The molecule has 1 aliphatic heterocycles. The molecule has 0 N–H and O–H groups in total. The molecule has 1 unspecified atom stereocenters. The fourth-order valence-electron chi connectivity index (χ4n) is 1.82. The molecule has 0 saturated heterocycles. The number of aldehydes is 1. The van der Waals surface area contributed by atoms with Gasteiger partial charge in [0, 0.05) is 5.02 Å². The van der Waals surface area contributed by atoms with Gasteiger partial charge in [-0.15, -0.1) is 0 Å². The summed E-state index contributed by atoms with van der Waals surface area (Å²) in [6, 6.07) is 4.52. The van der Waals surface area contributed by atoms with Gasteiger partial charge < -0.3 is 0 Å². The highest BCUT2D eigenvalue weighted by Gasteiger charge is 2.38. The molecular formula is C11H9Cl2F2N3O. The molecule has 19 heavy (non-hydrogen) atoms. The van der Waals surface area contributed by atoms with Crippen molar-refractivity contribution in [3.05, 3.63) is 28.2 Å². The van der Waals surface area contributed by atoms with Gasteiger partial charge in [0.2, 0.25) is 0 Å². The van der Waals surface area contributed by atoms with Gasteiger partial charge in [0.15, 0.2) is 12.5 Å². The molecule has 0 aliphatic carbocycles. The average molecular weight is 308 g/mol.